The third-order valence-electron chi connectivity index (χ3n) is 5.03. The van der Waals surface area contributed by atoms with Crippen LogP contribution in [0.3, 0.4) is 0 Å². The molecule has 21 heavy (non-hydrogen) atoms. The molecule has 2 amide bonds. The molecule has 1 aromatic rings. The number of aromatic nitrogens is 1. The summed E-state index contributed by atoms with van der Waals surface area (Å²) in [5.74, 6) is 0.582. The number of nitrogens with zero attached hydrogens (tertiary/aromatic N) is 2. The van der Waals surface area contributed by atoms with Crippen LogP contribution in [0.5, 0.6) is 0 Å². The largest absolute Gasteiger partial charge is 0.331 e. The van der Waals surface area contributed by atoms with E-state index in [-0.39, 0.29) is 12.1 Å². The van der Waals surface area contributed by atoms with Crippen LogP contribution in [0.25, 0.3) is 0 Å². The Morgan fingerprint density at radius 2 is 2.29 bits per heavy atom. The number of nitrogens with one attached hydrogen (secondary N) is 2. The Labute approximate surface area is 125 Å². The fourth-order valence-corrected chi connectivity index (χ4v) is 3.64. The van der Waals surface area contributed by atoms with E-state index in [1.165, 1.54) is 19.3 Å². The Morgan fingerprint density at radius 3 is 2.86 bits per heavy atom. The van der Waals surface area contributed by atoms with Crippen molar-refractivity contribution in [3.05, 3.63) is 30.1 Å². The molecular weight excluding hydrogens is 264 g/mol. The predicted octanol–water partition coefficient (Wildman–Crippen LogP) is 1.68. The predicted molar refractivity (Wildman–Crippen MR) is 79.8 cm³/mol. The summed E-state index contributed by atoms with van der Waals surface area (Å²) in [5, 5.41) is 6.76. The number of urea groups is 1. The van der Waals surface area contributed by atoms with Gasteiger partial charge in [-0.15, -0.1) is 0 Å². The lowest BCUT2D eigenvalue weighted by molar-refractivity contribution is 0.0954. The van der Waals surface area contributed by atoms with Crippen molar-refractivity contribution >= 4 is 6.03 Å². The van der Waals surface area contributed by atoms with Gasteiger partial charge < -0.3 is 15.5 Å². The van der Waals surface area contributed by atoms with Crippen LogP contribution < -0.4 is 10.6 Å². The molecule has 112 valence electrons. The number of piperazine rings is 1. The van der Waals surface area contributed by atoms with Gasteiger partial charge >= 0.3 is 6.03 Å². The molecular formula is C16H22N4O. The molecule has 2 bridgehead atoms. The lowest BCUT2D eigenvalue weighted by atomic mass is 9.93. The summed E-state index contributed by atoms with van der Waals surface area (Å²) in [4.78, 5) is 18.9. The molecule has 0 aromatic carbocycles. The minimum Gasteiger partial charge on any atom is -0.331 e. The number of pyridine rings is 1. The Bertz CT molecular complexity index is 508. The normalized spacial score (nSPS) is 29.2. The minimum absolute atomic E-state index is 0.104. The quantitative estimate of drug-likeness (QED) is 0.889. The Hall–Kier alpha value is -1.62. The van der Waals surface area contributed by atoms with Gasteiger partial charge in [0.15, 0.2) is 0 Å². The summed E-state index contributed by atoms with van der Waals surface area (Å²) in [6.07, 6.45) is 8.40. The topological polar surface area (TPSA) is 57.3 Å². The first kappa shape index (κ1) is 13.1. The highest BCUT2D eigenvalue weighted by Crippen LogP contribution is 2.41. The molecule has 5 nitrogen and oxygen atoms in total. The van der Waals surface area contributed by atoms with Gasteiger partial charge in [0.2, 0.25) is 0 Å². The zero-order valence-corrected chi connectivity index (χ0v) is 12.2. The van der Waals surface area contributed by atoms with E-state index < -0.39 is 0 Å². The second-order valence-corrected chi connectivity index (χ2v) is 6.54. The van der Waals surface area contributed by atoms with Gasteiger partial charge in [-0.05, 0) is 43.2 Å². The van der Waals surface area contributed by atoms with Crippen molar-refractivity contribution in [2.45, 2.75) is 43.8 Å². The van der Waals surface area contributed by atoms with Crippen LogP contribution >= 0.6 is 0 Å². The second-order valence-electron chi connectivity index (χ2n) is 6.54. The van der Waals surface area contributed by atoms with E-state index in [1.54, 1.807) is 6.20 Å². The Balaban J connectivity index is 1.47. The van der Waals surface area contributed by atoms with Gasteiger partial charge in [-0.3, -0.25) is 4.98 Å². The summed E-state index contributed by atoms with van der Waals surface area (Å²) in [7, 11) is 0. The maximum atomic E-state index is 12.7. The summed E-state index contributed by atoms with van der Waals surface area (Å²) >= 11 is 0. The van der Waals surface area contributed by atoms with E-state index in [9.17, 15) is 4.79 Å². The zero-order valence-electron chi connectivity index (χ0n) is 12.2. The van der Waals surface area contributed by atoms with Crippen molar-refractivity contribution in [3.63, 3.8) is 0 Å². The Morgan fingerprint density at radius 1 is 1.38 bits per heavy atom. The lowest BCUT2D eigenvalue weighted by Crippen LogP contribution is -2.64. The molecule has 4 aliphatic rings. The first-order valence-corrected chi connectivity index (χ1v) is 8.01. The third kappa shape index (κ3) is 2.62. The lowest BCUT2D eigenvalue weighted by Gasteiger charge is -2.46. The van der Waals surface area contributed by atoms with Gasteiger partial charge in [0, 0.05) is 37.6 Å². The van der Waals surface area contributed by atoms with Crippen molar-refractivity contribution in [3.8, 4) is 0 Å². The van der Waals surface area contributed by atoms with Crippen LogP contribution in [-0.4, -0.2) is 41.1 Å². The van der Waals surface area contributed by atoms with Gasteiger partial charge in [-0.1, -0.05) is 6.07 Å². The molecule has 1 aromatic heterocycles. The molecule has 1 saturated carbocycles. The summed E-state index contributed by atoms with van der Waals surface area (Å²) in [6, 6.07) is 5.10. The van der Waals surface area contributed by atoms with Crippen LogP contribution in [-0.2, 0) is 0 Å². The molecule has 4 fully saturated rings. The van der Waals surface area contributed by atoms with Crippen molar-refractivity contribution in [2.24, 2.45) is 5.92 Å². The maximum absolute atomic E-state index is 12.7. The average Bonchev–Trinajstić information content (AvgIpc) is 3.39. The van der Waals surface area contributed by atoms with Gasteiger partial charge in [0.05, 0.1) is 6.04 Å². The van der Waals surface area contributed by atoms with Crippen LogP contribution in [0.15, 0.2) is 24.5 Å². The molecule has 0 spiro atoms. The van der Waals surface area contributed by atoms with Crippen LogP contribution in [0.4, 0.5) is 4.79 Å². The van der Waals surface area contributed by atoms with E-state index in [0.29, 0.717) is 18.0 Å². The number of amides is 2. The summed E-state index contributed by atoms with van der Waals surface area (Å²) < 4.78 is 0. The molecule has 1 aliphatic carbocycles. The minimum atomic E-state index is 0.104. The molecule has 5 rings (SSSR count). The SMILES string of the molecule is O=C(NC(c1cccnc1)C1CC1)N1CC2CCC1CN2. The fourth-order valence-electron chi connectivity index (χ4n) is 3.64. The van der Waals surface area contributed by atoms with Crippen molar-refractivity contribution in [2.75, 3.05) is 13.1 Å². The zero-order chi connectivity index (χ0) is 14.2. The highest BCUT2D eigenvalue weighted by atomic mass is 16.2. The Kier molecular flexibility index (Phi) is 3.30. The molecule has 3 atom stereocenters. The number of piperidine rings is 2. The number of rotatable bonds is 3. The molecule has 3 unspecified atom stereocenters. The van der Waals surface area contributed by atoms with E-state index in [4.69, 9.17) is 0 Å². The number of hydrogen-bond acceptors (Lipinski definition) is 3. The molecule has 5 heteroatoms. The van der Waals surface area contributed by atoms with Gasteiger partial charge in [0.25, 0.3) is 0 Å². The van der Waals surface area contributed by atoms with Crippen molar-refractivity contribution in [1.82, 2.24) is 20.5 Å². The summed E-state index contributed by atoms with van der Waals surface area (Å²) in [5.41, 5.74) is 1.13. The highest BCUT2D eigenvalue weighted by Gasteiger charge is 2.39. The first-order valence-electron chi connectivity index (χ1n) is 8.01. The van der Waals surface area contributed by atoms with Crippen LogP contribution in [0.1, 0.15) is 37.3 Å². The molecule has 4 heterocycles. The standard InChI is InChI=1S/C16H22N4O/c21-16(20-10-13-5-6-14(20)9-18-13)19-15(11-3-4-11)12-2-1-7-17-8-12/h1-2,7-8,11,13-15,18H,3-6,9-10H2,(H,19,21). The van der Waals surface area contributed by atoms with Crippen LogP contribution in [0, 0.1) is 5.92 Å². The number of carbonyl (C=O) groups excluding carboxylic acids is 1. The summed E-state index contributed by atoms with van der Waals surface area (Å²) in [6.45, 7) is 1.79. The monoisotopic (exact) mass is 286 g/mol. The number of hydrogen-bond donors (Lipinski definition) is 2. The second kappa shape index (κ2) is 5.30. The highest BCUT2D eigenvalue weighted by molar-refractivity contribution is 5.75. The smallest absolute Gasteiger partial charge is 0.318 e. The van der Waals surface area contributed by atoms with Crippen molar-refractivity contribution in [1.29, 1.82) is 0 Å². The molecule has 3 aliphatic heterocycles. The van der Waals surface area contributed by atoms with E-state index in [1.807, 2.05) is 17.2 Å². The first-order chi connectivity index (χ1) is 10.3. The maximum Gasteiger partial charge on any atom is 0.318 e. The third-order valence-corrected chi connectivity index (χ3v) is 5.03. The molecule has 2 N–H and O–H groups in total. The van der Waals surface area contributed by atoms with Gasteiger partial charge in [-0.25, -0.2) is 4.79 Å². The van der Waals surface area contributed by atoms with Gasteiger partial charge in [0.1, 0.15) is 0 Å². The van der Waals surface area contributed by atoms with Crippen LogP contribution in [0.2, 0.25) is 0 Å². The fraction of sp³-hybridized carbons (Fsp3) is 0.625. The number of carbonyl (C=O) groups is 1. The van der Waals surface area contributed by atoms with Crippen molar-refractivity contribution < 1.29 is 4.79 Å². The average molecular weight is 286 g/mol. The number of fused-ring (bicyclic) bond motifs is 3. The van der Waals surface area contributed by atoms with Gasteiger partial charge in [-0.2, -0.15) is 0 Å². The van der Waals surface area contributed by atoms with E-state index in [2.05, 4.69) is 21.7 Å². The molecule has 3 saturated heterocycles. The van der Waals surface area contributed by atoms with E-state index >= 15 is 0 Å². The molecule has 0 radical (unpaired) electrons. The van der Waals surface area contributed by atoms with E-state index in [0.717, 1.165) is 25.1 Å².